The van der Waals surface area contributed by atoms with Crippen molar-refractivity contribution in [3.8, 4) is 11.3 Å². The third kappa shape index (κ3) is 4.14. The normalized spacial score (nSPS) is 11.3. The molecule has 0 bridgehead atoms. The summed E-state index contributed by atoms with van der Waals surface area (Å²) in [5, 5.41) is 3.72. The first kappa shape index (κ1) is 20.7. The van der Waals surface area contributed by atoms with Crippen molar-refractivity contribution in [2.75, 3.05) is 6.54 Å². The Kier molecular flexibility index (Phi) is 5.68. The summed E-state index contributed by atoms with van der Waals surface area (Å²) in [7, 11) is 0. The minimum Gasteiger partial charge on any atom is -0.352 e. The highest BCUT2D eigenvalue weighted by atomic mass is 35.5. The summed E-state index contributed by atoms with van der Waals surface area (Å²) in [5.74, 6) is -0.0661. The van der Waals surface area contributed by atoms with E-state index in [4.69, 9.17) is 16.6 Å². The molecular formula is C26H22ClN3OS. The highest BCUT2D eigenvalue weighted by Crippen LogP contribution is 2.30. The third-order valence-electron chi connectivity index (χ3n) is 5.63. The zero-order valence-corrected chi connectivity index (χ0v) is 19.2. The van der Waals surface area contributed by atoms with Gasteiger partial charge in [0.05, 0.1) is 15.9 Å². The van der Waals surface area contributed by atoms with Crippen LogP contribution in [-0.4, -0.2) is 21.8 Å². The molecular weight excluding hydrogens is 438 g/mol. The Labute approximate surface area is 195 Å². The molecule has 6 heteroatoms. The van der Waals surface area contributed by atoms with Gasteiger partial charge in [-0.3, -0.25) is 9.20 Å². The van der Waals surface area contributed by atoms with Gasteiger partial charge in [0.1, 0.15) is 0 Å². The van der Waals surface area contributed by atoms with Crippen LogP contribution in [0.3, 0.4) is 0 Å². The number of hydrogen-bond acceptors (Lipinski definition) is 3. The molecule has 2 aromatic heterocycles. The average Bonchev–Trinajstić information content (AvgIpc) is 3.38. The Hall–Kier alpha value is -3.15. The molecule has 32 heavy (non-hydrogen) atoms. The lowest BCUT2D eigenvalue weighted by Crippen LogP contribution is -2.25. The first-order chi connectivity index (χ1) is 15.6. The van der Waals surface area contributed by atoms with Crippen LogP contribution in [0.4, 0.5) is 0 Å². The second-order valence-electron chi connectivity index (χ2n) is 7.75. The van der Waals surface area contributed by atoms with E-state index in [1.54, 1.807) is 11.3 Å². The van der Waals surface area contributed by atoms with Crippen LogP contribution in [0, 0.1) is 0 Å². The largest absolute Gasteiger partial charge is 0.352 e. The molecule has 0 radical (unpaired) electrons. The maximum atomic E-state index is 12.6. The highest BCUT2D eigenvalue weighted by Gasteiger charge is 2.13. The maximum Gasteiger partial charge on any atom is 0.251 e. The van der Waals surface area contributed by atoms with E-state index in [2.05, 4.69) is 47.1 Å². The molecule has 0 fully saturated rings. The van der Waals surface area contributed by atoms with Gasteiger partial charge in [-0.25, -0.2) is 4.98 Å². The van der Waals surface area contributed by atoms with Crippen molar-refractivity contribution in [2.45, 2.75) is 19.8 Å². The summed E-state index contributed by atoms with van der Waals surface area (Å²) < 4.78 is 3.15. The molecule has 160 valence electrons. The number of halogens is 1. The first-order valence-electron chi connectivity index (χ1n) is 10.6. The number of nitrogens with one attached hydrogen (secondary N) is 1. The summed E-state index contributed by atoms with van der Waals surface area (Å²) in [4.78, 5) is 18.4. The molecule has 3 aromatic carbocycles. The molecule has 1 amide bonds. The van der Waals surface area contributed by atoms with Gasteiger partial charge < -0.3 is 5.32 Å². The summed E-state index contributed by atoms with van der Waals surface area (Å²) in [5.41, 5.74) is 6.26. The van der Waals surface area contributed by atoms with E-state index in [0.29, 0.717) is 12.1 Å². The van der Waals surface area contributed by atoms with Gasteiger partial charge >= 0.3 is 0 Å². The lowest BCUT2D eigenvalue weighted by molar-refractivity contribution is 0.0954. The number of imidazole rings is 1. The number of aromatic nitrogens is 2. The van der Waals surface area contributed by atoms with Crippen LogP contribution >= 0.6 is 22.9 Å². The molecule has 0 aliphatic rings. The molecule has 0 spiro atoms. The van der Waals surface area contributed by atoms with Crippen molar-refractivity contribution in [2.24, 2.45) is 0 Å². The van der Waals surface area contributed by atoms with E-state index in [1.165, 1.54) is 5.56 Å². The minimum atomic E-state index is -0.0661. The van der Waals surface area contributed by atoms with Crippen LogP contribution in [-0.2, 0) is 12.8 Å². The van der Waals surface area contributed by atoms with Crippen molar-refractivity contribution in [1.82, 2.24) is 14.7 Å². The number of benzene rings is 3. The Morgan fingerprint density at radius 1 is 1.03 bits per heavy atom. The number of aryl methyl sites for hydroxylation is 1. The SMILES string of the molecule is CCc1ccc(-c2cn3c(n2)sc2cc(C(=O)NCCc4ccc(Cl)cc4)ccc23)cc1. The molecule has 0 saturated carbocycles. The van der Waals surface area contributed by atoms with E-state index in [-0.39, 0.29) is 5.91 Å². The highest BCUT2D eigenvalue weighted by molar-refractivity contribution is 7.23. The number of amides is 1. The molecule has 0 atom stereocenters. The number of nitrogens with zero attached hydrogens (tertiary/aromatic N) is 2. The number of rotatable bonds is 6. The molecule has 0 unspecified atom stereocenters. The summed E-state index contributed by atoms with van der Waals surface area (Å²) >= 11 is 7.52. The van der Waals surface area contributed by atoms with Crippen molar-refractivity contribution in [3.05, 3.63) is 94.6 Å². The van der Waals surface area contributed by atoms with Gasteiger partial charge in [0, 0.05) is 28.9 Å². The van der Waals surface area contributed by atoms with Crippen molar-refractivity contribution < 1.29 is 4.79 Å². The molecule has 2 heterocycles. The van der Waals surface area contributed by atoms with Crippen molar-refractivity contribution >= 4 is 44.0 Å². The van der Waals surface area contributed by atoms with Gasteiger partial charge in [0.25, 0.3) is 5.91 Å². The van der Waals surface area contributed by atoms with Crippen LogP contribution in [0.25, 0.3) is 26.4 Å². The van der Waals surface area contributed by atoms with Crippen LogP contribution in [0.5, 0.6) is 0 Å². The summed E-state index contributed by atoms with van der Waals surface area (Å²) in [6.07, 6.45) is 3.86. The van der Waals surface area contributed by atoms with E-state index in [0.717, 1.165) is 49.9 Å². The van der Waals surface area contributed by atoms with E-state index >= 15 is 0 Å². The number of thiazole rings is 1. The van der Waals surface area contributed by atoms with Crippen molar-refractivity contribution in [1.29, 1.82) is 0 Å². The Morgan fingerprint density at radius 3 is 2.53 bits per heavy atom. The Balaban J connectivity index is 1.32. The van der Waals surface area contributed by atoms with Gasteiger partial charge in [0.2, 0.25) is 0 Å². The molecule has 0 saturated heterocycles. The van der Waals surface area contributed by atoms with Crippen LogP contribution in [0.15, 0.2) is 72.9 Å². The molecule has 4 nitrogen and oxygen atoms in total. The topological polar surface area (TPSA) is 46.4 Å². The standard InChI is InChI=1S/C26H22ClN3OS/c1-2-17-3-7-19(8-4-17)22-16-30-23-12-9-20(15-24(23)32-26(30)29-22)25(31)28-14-13-18-5-10-21(27)11-6-18/h3-12,15-16H,2,13-14H2,1H3,(H,28,31). The number of carbonyl (C=O) groups excluding carboxylic acids is 1. The Morgan fingerprint density at radius 2 is 1.78 bits per heavy atom. The van der Waals surface area contributed by atoms with Crippen LogP contribution in [0.2, 0.25) is 5.02 Å². The van der Waals surface area contributed by atoms with Gasteiger partial charge in [-0.1, -0.05) is 66.3 Å². The molecule has 5 aromatic rings. The first-order valence-corrected chi connectivity index (χ1v) is 11.8. The smallest absolute Gasteiger partial charge is 0.251 e. The van der Waals surface area contributed by atoms with E-state index < -0.39 is 0 Å². The molecule has 0 aliphatic carbocycles. The van der Waals surface area contributed by atoms with Crippen LogP contribution < -0.4 is 5.32 Å². The fourth-order valence-electron chi connectivity index (χ4n) is 3.77. The summed E-state index contributed by atoms with van der Waals surface area (Å²) in [6.45, 7) is 2.73. The monoisotopic (exact) mass is 459 g/mol. The quantitative estimate of drug-likeness (QED) is 0.319. The predicted molar refractivity (Wildman–Crippen MR) is 133 cm³/mol. The lowest BCUT2D eigenvalue weighted by atomic mass is 10.1. The predicted octanol–water partition coefficient (Wildman–Crippen LogP) is 6.40. The van der Waals surface area contributed by atoms with Gasteiger partial charge in [-0.2, -0.15) is 0 Å². The van der Waals surface area contributed by atoms with Crippen LogP contribution in [0.1, 0.15) is 28.4 Å². The zero-order chi connectivity index (χ0) is 22.1. The van der Waals surface area contributed by atoms with Gasteiger partial charge in [-0.05, 0) is 54.3 Å². The van der Waals surface area contributed by atoms with E-state index in [9.17, 15) is 4.79 Å². The maximum absolute atomic E-state index is 12.6. The fourth-order valence-corrected chi connectivity index (χ4v) is 4.94. The number of hydrogen-bond donors (Lipinski definition) is 1. The second kappa shape index (κ2) is 8.77. The molecule has 5 rings (SSSR count). The number of carbonyl (C=O) groups is 1. The van der Waals surface area contributed by atoms with Crippen molar-refractivity contribution in [3.63, 3.8) is 0 Å². The average molecular weight is 460 g/mol. The summed E-state index contributed by atoms with van der Waals surface area (Å²) in [6, 6.07) is 22.1. The van der Waals surface area contributed by atoms with Gasteiger partial charge in [0.15, 0.2) is 4.96 Å². The minimum absolute atomic E-state index is 0.0661. The molecule has 1 N–H and O–H groups in total. The third-order valence-corrected chi connectivity index (χ3v) is 6.90. The fraction of sp³-hybridized carbons (Fsp3) is 0.154. The second-order valence-corrected chi connectivity index (χ2v) is 9.19. The molecule has 0 aliphatic heterocycles. The lowest BCUT2D eigenvalue weighted by Gasteiger charge is -2.06. The Bertz CT molecular complexity index is 1400. The van der Waals surface area contributed by atoms with E-state index in [1.807, 2.05) is 42.5 Å². The van der Waals surface area contributed by atoms with Gasteiger partial charge in [-0.15, -0.1) is 0 Å². The zero-order valence-electron chi connectivity index (χ0n) is 17.6. The number of fused-ring (bicyclic) bond motifs is 3.